The molecule has 1 aromatic carbocycles. The van der Waals surface area contributed by atoms with Crippen molar-refractivity contribution in [3.63, 3.8) is 0 Å². The van der Waals surface area contributed by atoms with Crippen molar-refractivity contribution in [1.82, 2.24) is 9.97 Å². The van der Waals surface area contributed by atoms with Crippen molar-refractivity contribution in [3.05, 3.63) is 96.5 Å². The lowest BCUT2D eigenvalue weighted by atomic mass is 10.1. The molecule has 0 unspecified atom stereocenters. The lowest BCUT2D eigenvalue weighted by molar-refractivity contribution is 0.242. The van der Waals surface area contributed by atoms with E-state index in [0.29, 0.717) is 17.3 Å². The molecular formula is C26H27N3O2. The van der Waals surface area contributed by atoms with Crippen LogP contribution in [-0.4, -0.2) is 23.2 Å². The number of nitrogens with zero attached hydrogens (tertiary/aromatic N) is 2. The van der Waals surface area contributed by atoms with Gasteiger partial charge in [-0.2, -0.15) is 0 Å². The summed E-state index contributed by atoms with van der Waals surface area (Å²) in [5.74, 6) is 2.02. The molecule has 31 heavy (non-hydrogen) atoms. The standard InChI is InChI=1S/C26H27N3O2/c1-18(2)31-25-15-21(9-11-24-8-6-7-13-27-24)14-23(16-25)19(3)29-26-12-10-22(17-28-26)20(4)30-5/h6-18H,3-4H2,1-2,5H3,(H,28,29)/b11-9+. The molecule has 0 atom stereocenters. The fourth-order valence-electron chi connectivity index (χ4n) is 2.87. The van der Waals surface area contributed by atoms with E-state index in [1.165, 1.54) is 0 Å². The number of benzene rings is 1. The number of methoxy groups -OCH3 is 1. The van der Waals surface area contributed by atoms with Gasteiger partial charge >= 0.3 is 0 Å². The number of ether oxygens (including phenoxy) is 2. The molecule has 2 heterocycles. The summed E-state index contributed by atoms with van der Waals surface area (Å²) in [7, 11) is 1.59. The summed E-state index contributed by atoms with van der Waals surface area (Å²) >= 11 is 0. The van der Waals surface area contributed by atoms with E-state index in [1.54, 1.807) is 19.5 Å². The van der Waals surface area contributed by atoms with Crippen molar-refractivity contribution in [2.45, 2.75) is 20.0 Å². The van der Waals surface area contributed by atoms with Crippen molar-refractivity contribution >= 4 is 29.4 Å². The Kier molecular flexibility index (Phi) is 7.22. The van der Waals surface area contributed by atoms with Crippen LogP contribution in [0, 0.1) is 0 Å². The van der Waals surface area contributed by atoms with Crippen molar-refractivity contribution in [1.29, 1.82) is 0 Å². The highest BCUT2D eigenvalue weighted by atomic mass is 16.5. The van der Waals surface area contributed by atoms with Crippen LogP contribution < -0.4 is 10.1 Å². The van der Waals surface area contributed by atoms with E-state index in [2.05, 4.69) is 28.4 Å². The van der Waals surface area contributed by atoms with Gasteiger partial charge in [0.15, 0.2) is 0 Å². The number of anilines is 1. The van der Waals surface area contributed by atoms with Crippen LogP contribution in [0.1, 0.15) is 36.2 Å². The summed E-state index contributed by atoms with van der Waals surface area (Å²) in [6.45, 7) is 12.0. The van der Waals surface area contributed by atoms with Gasteiger partial charge in [-0.3, -0.25) is 4.98 Å². The van der Waals surface area contributed by atoms with E-state index < -0.39 is 0 Å². The minimum absolute atomic E-state index is 0.0622. The van der Waals surface area contributed by atoms with E-state index in [9.17, 15) is 0 Å². The SMILES string of the molecule is C=C(Nc1ccc(C(=C)OC)cn1)c1cc(/C=C/c2ccccn2)cc(OC(C)C)c1. The van der Waals surface area contributed by atoms with Gasteiger partial charge in [0.25, 0.3) is 0 Å². The normalized spacial score (nSPS) is 10.8. The molecule has 0 aliphatic carbocycles. The molecule has 0 amide bonds. The summed E-state index contributed by atoms with van der Waals surface area (Å²) in [5.41, 5.74) is 4.33. The molecule has 0 spiro atoms. The summed E-state index contributed by atoms with van der Waals surface area (Å²) < 4.78 is 11.1. The van der Waals surface area contributed by atoms with Gasteiger partial charge in [-0.25, -0.2) is 4.98 Å². The molecule has 3 rings (SSSR count). The van der Waals surface area contributed by atoms with Crippen LogP contribution in [0.3, 0.4) is 0 Å². The first-order valence-electron chi connectivity index (χ1n) is 10.0. The molecule has 0 aliphatic heterocycles. The Hall–Kier alpha value is -3.86. The zero-order chi connectivity index (χ0) is 22.2. The Morgan fingerprint density at radius 3 is 2.48 bits per heavy atom. The maximum atomic E-state index is 5.94. The van der Waals surface area contributed by atoms with Crippen LogP contribution in [-0.2, 0) is 4.74 Å². The van der Waals surface area contributed by atoms with Gasteiger partial charge in [0.1, 0.15) is 17.3 Å². The van der Waals surface area contributed by atoms with Gasteiger partial charge in [0, 0.05) is 29.2 Å². The van der Waals surface area contributed by atoms with Crippen molar-refractivity contribution < 1.29 is 9.47 Å². The molecule has 1 N–H and O–H groups in total. The average Bonchev–Trinajstić information content (AvgIpc) is 2.77. The average molecular weight is 414 g/mol. The molecular weight excluding hydrogens is 386 g/mol. The Labute approximate surface area is 183 Å². The molecule has 0 saturated heterocycles. The van der Waals surface area contributed by atoms with E-state index in [4.69, 9.17) is 9.47 Å². The van der Waals surface area contributed by atoms with Crippen LogP contribution >= 0.6 is 0 Å². The zero-order valence-electron chi connectivity index (χ0n) is 18.1. The molecule has 3 aromatic rings. The van der Waals surface area contributed by atoms with Crippen LogP contribution in [0.4, 0.5) is 5.82 Å². The van der Waals surface area contributed by atoms with Crippen molar-refractivity contribution in [2.75, 3.05) is 12.4 Å². The second-order valence-corrected chi connectivity index (χ2v) is 7.21. The minimum Gasteiger partial charge on any atom is -0.497 e. The third-order valence-electron chi connectivity index (χ3n) is 4.39. The zero-order valence-corrected chi connectivity index (χ0v) is 18.1. The third kappa shape index (κ3) is 6.31. The van der Waals surface area contributed by atoms with Crippen LogP contribution in [0.25, 0.3) is 23.6 Å². The van der Waals surface area contributed by atoms with E-state index in [0.717, 1.165) is 28.1 Å². The fraction of sp³-hybridized carbons (Fsp3) is 0.154. The monoisotopic (exact) mass is 413 g/mol. The quantitative estimate of drug-likeness (QED) is 0.427. The topological polar surface area (TPSA) is 56.3 Å². The van der Waals surface area contributed by atoms with Crippen LogP contribution in [0.15, 0.2) is 74.1 Å². The summed E-state index contributed by atoms with van der Waals surface area (Å²) in [6.07, 6.45) is 7.52. The second kappa shape index (κ2) is 10.3. The number of hydrogen-bond acceptors (Lipinski definition) is 5. The number of nitrogens with one attached hydrogen (secondary N) is 1. The number of rotatable bonds is 9. The largest absolute Gasteiger partial charge is 0.497 e. The molecule has 2 aromatic heterocycles. The summed E-state index contributed by atoms with van der Waals surface area (Å²) in [6, 6.07) is 15.6. The van der Waals surface area contributed by atoms with Gasteiger partial charge in [0.2, 0.25) is 0 Å². The Morgan fingerprint density at radius 2 is 1.84 bits per heavy atom. The second-order valence-electron chi connectivity index (χ2n) is 7.21. The highest BCUT2D eigenvalue weighted by Crippen LogP contribution is 2.25. The highest BCUT2D eigenvalue weighted by Gasteiger charge is 2.08. The van der Waals surface area contributed by atoms with Gasteiger partial charge in [-0.1, -0.05) is 25.3 Å². The number of aromatic nitrogens is 2. The number of pyridine rings is 2. The first-order valence-corrected chi connectivity index (χ1v) is 10.0. The highest BCUT2D eigenvalue weighted by molar-refractivity contribution is 5.78. The third-order valence-corrected chi connectivity index (χ3v) is 4.39. The molecule has 0 aliphatic rings. The molecule has 0 saturated carbocycles. The number of hydrogen-bond donors (Lipinski definition) is 1. The van der Waals surface area contributed by atoms with Gasteiger partial charge in [-0.15, -0.1) is 0 Å². The fourth-order valence-corrected chi connectivity index (χ4v) is 2.87. The lowest BCUT2D eigenvalue weighted by Gasteiger charge is -2.15. The molecule has 0 radical (unpaired) electrons. The summed E-state index contributed by atoms with van der Waals surface area (Å²) in [5, 5.41) is 3.26. The smallest absolute Gasteiger partial charge is 0.130 e. The molecule has 0 bridgehead atoms. The van der Waals surface area contributed by atoms with E-state index in [1.807, 2.05) is 74.5 Å². The van der Waals surface area contributed by atoms with E-state index >= 15 is 0 Å². The Bertz CT molecular complexity index is 1070. The predicted molar refractivity (Wildman–Crippen MR) is 128 cm³/mol. The van der Waals surface area contributed by atoms with Gasteiger partial charge in [-0.05, 0) is 68.0 Å². The molecule has 158 valence electrons. The first kappa shape index (κ1) is 21.8. The maximum Gasteiger partial charge on any atom is 0.130 e. The molecule has 5 nitrogen and oxygen atoms in total. The van der Waals surface area contributed by atoms with Gasteiger partial charge in [0.05, 0.1) is 18.9 Å². The Morgan fingerprint density at radius 1 is 1.00 bits per heavy atom. The Balaban J connectivity index is 1.83. The maximum absolute atomic E-state index is 5.94. The lowest BCUT2D eigenvalue weighted by Crippen LogP contribution is -2.07. The molecule has 5 heteroatoms. The molecule has 0 fully saturated rings. The van der Waals surface area contributed by atoms with Crippen molar-refractivity contribution in [2.24, 2.45) is 0 Å². The first-order chi connectivity index (χ1) is 14.9. The van der Waals surface area contributed by atoms with Gasteiger partial charge < -0.3 is 14.8 Å². The van der Waals surface area contributed by atoms with Crippen molar-refractivity contribution in [3.8, 4) is 5.75 Å². The van der Waals surface area contributed by atoms with E-state index in [-0.39, 0.29) is 6.10 Å². The van der Waals surface area contributed by atoms with Crippen LogP contribution in [0.2, 0.25) is 0 Å². The van der Waals surface area contributed by atoms with Crippen LogP contribution in [0.5, 0.6) is 5.75 Å². The summed E-state index contributed by atoms with van der Waals surface area (Å²) in [4.78, 5) is 8.75. The predicted octanol–water partition coefficient (Wildman–Crippen LogP) is 6.13. The minimum atomic E-state index is 0.0622.